The molecule has 18 heavy (non-hydrogen) atoms. The van der Waals surface area contributed by atoms with E-state index in [1.165, 1.54) is 12.1 Å². The molecule has 0 saturated carbocycles. The predicted octanol–water partition coefficient (Wildman–Crippen LogP) is 3.47. The molecule has 0 radical (unpaired) electrons. The zero-order valence-corrected chi connectivity index (χ0v) is 11.1. The Hall–Kier alpha value is -1.49. The average Bonchev–Trinajstić information content (AvgIpc) is 2.71. The number of nitrogens with one attached hydrogen (secondary N) is 1. The number of nitrogens with zero attached hydrogens (tertiary/aromatic N) is 2. The lowest BCUT2D eigenvalue weighted by atomic mass is 10.2. The molecule has 0 aliphatic rings. The van der Waals surface area contributed by atoms with E-state index < -0.39 is 0 Å². The molecule has 3 nitrogen and oxygen atoms in total. The van der Waals surface area contributed by atoms with Crippen LogP contribution in [0.15, 0.2) is 24.3 Å². The molecule has 1 N–H and O–H groups in total. The molecular weight excluding hydrogens is 249 g/mol. The van der Waals surface area contributed by atoms with Crippen LogP contribution in [0.25, 0.3) is 0 Å². The van der Waals surface area contributed by atoms with Gasteiger partial charge in [-0.05, 0) is 36.3 Å². The van der Waals surface area contributed by atoms with Crippen molar-refractivity contribution in [2.45, 2.75) is 32.7 Å². The summed E-state index contributed by atoms with van der Waals surface area (Å²) in [6, 6.07) is 6.47. The van der Waals surface area contributed by atoms with Gasteiger partial charge in [0, 0.05) is 6.42 Å². The van der Waals surface area contributed by atoms with Gasteiger partial charge in [0.1, 0.15) is 11.6 Å². The van der Waals surface area contributed by atoms with Gasteiger partial charge in [0.25, 0.3) is 0 Å². The zero-order valence-electron chi connectivity index (χ0n) is 10.3. The molecule has 0 bridgehead atoms. The topological polar surface area (TPSA) is 33.6 Å². The Labute approximate surface area is 111 Å². The lowest BCUT2D eigenvalue weighted by Gasteiger charge is -2.06. The van der Waals surface area contributed by atoms with Gasteiger partial charge in [-0.25, -0.2) is 4.39 Å². The zero-order chi connectivity index (χ0) is 13.0. The van der Waals surface area contributed by atoms with Gasteiger partial charge in [0.15, 0.2) is 4.77 Å². The van der Waals surface area contributed by atoms with Gasteiger partial charge in [-0.3, -0.25) is 9.67 Å². The molecule has 1 aromatic carbocycles. The normalized spacial score (nSPS) is 10.8. The molecule has 0 aliphatic carbocycles. The number of H-pyrrole nitrogens is 1. The summed E-state index contributed by atoms with van der Waals surface area (Å²) in [5, 5.41) is 7.06. The van der Waals surface area contributed by atoms with Crippen LogP contribution in [0.4, 0.5) is 4.39 Å². The van der Waals surface area contributed by atoms with Gasteiger partial charge in [-0.15, -0.1) is 0 Å². The first-order valence-electron chi connectivity index (χ1n) is 6.09. The SMILES string of the molecule is CCCCc1n[nH]c(=S)n1Cc1ccc(F)cc1. The van der Waals surface area contributed by atoms with Crippen LogP contribution in [0.3, 0.4) is 0 Å². The fourth-order valence-electron chi connectivity index (χ4n) is 1.81. The number of hydrogen-bond donors (Lipinski definition) is 1. The van der Waals surface area contributed by atoms with Gasteiger partial charge in [-0.2, -0.15) is 5.10 Å². The van der Waals surface area contributed by atoms with Crippen molar-refractivity contribution in [3.8, 4) is 0 Å². The van der Waals surface area contributed by atoms with Crippen LogP contribution in [-0.4, -0.2) is 14.8 Å². The summed E-state index contributed by atoms with van der Waals surface area (Å²) in [6.45, 7) is 2.78. The fourth-order valence-corrected chi connectivity index (χ4v) is 2.03. The van der Waals surface area contributed by atoms with E-state index in [0.29, 0.717) is 11.3 Å². The second-order valence-electron chi connectivity index (χ2n) is 4.26. The molecular formula is C13H16FN3S. The highest BCUT2D eigenvalue weighted by atomic mass is 32.1. The summed E-state index contributed by atoms with van der Waals surface area (Å²) in [5.74, 6) is 0.743. The molecule has 5 heteroatoms. The van der Waals surface area contributed by atoms with Crippen molar-refractivity contribution in [2.24, 2.45) is 0 Å². The molecule has 0 unspecified atom stereocenters. The molecule has 2 rings (SSSR count). The lowest BCUT2D eigenvalue weighted by Crippen LogP contribution is -2.05. The Morgan fingerprint density at radius 3 is 2.72 bits per heavy atom. The third-order valence-electron chi connectivity index (χ3n) is 2.85. The highest BCUT2D eigenvalue weighted by Crippen LogP contribution is 2.09. The van der Waals surface area contributed by atoms with Crippen molar-refractivity contribution in [1.29, 1.82) is 0 Å². The maximum Gasteiger partial charge on any atom is 0.195 e. The van der Waals surface area contributed by atoms with E-state index in [0.717, 1.165) is 30.7 Å². The summed E-state index contributed by atoms with van der Waals surface area (Å²) in [5.41, 5.74) is 1.02. The van der Waals surface area contributed by atoms with Crippen molar-refractivity contribution in [1.82, 2.24) is 14.8 Å². The maximum absolute atomic E-state index is 12.8. The van der Waals surface area contributed by atoms with Gasteiger partial charge < -0.3 is 0 Å². The number of aromatic nitrogens is 3. The van der Waals surface area contributed by atoms with Crippen LogP contribution < -0.4 is 0 Å². The van der Waals surface area contributed by atoms with E-state index in [4.69, 9.17) is 12.2 Å². The first-order chi connectivity index (χ1) is 8.70. The molecule has 0 atom stereocenters. The summed E-state index contributed by atoms with van der Waals surface area (Å²) in [7, 11) is 0. The van der Waals surface area contributed by atoms with E-state index in [1.54, 1.807) is 12.1 Å². The lowest BCUT2D eigenvalue weighted by molar-refractivity contribution is 0.625. The second-order valence-corrected chi connectivity index (χ2v) is 4.65. The van der Waals surface area contributed by atoms with Gasteiger partial charge in [-0.1, -0.05) is 25.5 Å². The molecule has 1 aromatic heterocycles. The maximum atomic E-state index is 12.8. The number of hydrogen-bond acceptors (Lipinski definition) is 2. The molecule has 0 fully saturated rings. The summed E-state index contributed by atoms with van der Waals surface area (Å²) < 4.78 is 15.4. The van der Waals surface area contributed by atoms with Crippen LogP contribution in [0.1, 0.15) is 31.2 Å². The van der Waals surface area contributed by atoms with Gasteiger partial charge in [0.05, 0.1) is 6.54 Å². The van der Waals surface area contributed by atoms with Crippen LogP contribution in [0, 0.1) is 10.6 Å². The van der Waals surface area contributed by atoms with E-state index in [1.807, 2.05) is 4.57 Å². The summed E-state index contributed by atoms with van der Waals surface area (Å²) >= 11 is 5.22. The third-order valence-corrected chi connectivity index (χ3v) is 3.16. The minimum atomic E-state index is -0.222. The van der Waals surface area contributed by atoms with Gasteiger partial charge >= 0.3 is 0 Å². The van der Waals surface area contributed by atoms with E-state index in [2.05, 4.69) is 17.1 Å². The second kappa shape index (κ2) is 5.91. The quantitative estimate of drug-likeness (QED) is 0.840. The molecule has 0 aliphatic heterocycles. The number of aryl methyl sites for hydroxylation is 1. The Balaban J connectivity index is 2.19. The molecule has 0 amide bonds. The number of aromatic amines is 1. The standard InChI is InChI=1S/C13H16FN3S/c1-2-3-4-12-15-16-13(18)17(12)9-10-5-7-11(14)8-6-10/h5-8H,2-4,9H2,1H3,(H,16,18). The molecule has 96 valence electrons. The Morgan fingerprint density at radius 2 is 2.06 bits per heavy atom. The number of rotatable bonds is 5. The number of unbranched alkanes of at least 4 members (excludes halogenated alkanes) is 1. The molecule has 1 heterocycles. The molecule has 0 saturated heterocycles. The summed E-state index contributed by atoms with van der Waals surface area (Å²) in [4.78, 5) is 0. The highest BCUT2D eigenvalue weighted by molar-refractivity contribution is 7.71. The minimum Gasteiger partial charge on any atom is -0.300 e. The van der Waals surface area contributed by atoms with Gasteiger partial charge in [0.2, 0.25) is 0 Å². The predicted molar refractivity (Wildman–Crippen MR) is 71.5 cm³/mol. The van der Waals surface area contributed by atoms with Crippen LogP contribution in [-0.2, 0) is 13.0 Å². The average molecular weight is 265 g/mol. The van der Waals surface area contributed by atoms with Crippen molar-refractivity contribution in [3.63, 3.8) is 0 Å². The highest BCUT2D eigenvalue weighted by Gasteiger charge is 2.06. The first-order valence-corrected chi connectivity index (χ1v) is 6.50. The Bertz CT molecular complexity index is 556. The minimum absolute atomic E-state index is 0.222. The van der Waals surface area contributed by atoms with E-state index in [9.17, 15) is 4.39 Å². The molecule has 2 aromatic rings. The van der Waals surface area contributed by atoms with Crippen LogP contribution in [0.2, 0.25) is 0 Å². The number of benzene rings is 1. The summed E-state index contributed by atoms with van der Waals surface area (Å²) in [6.07, 6.45) is 3.12. The van der Waals surface area contributed by atoms with E-state index in [-0.39, 0.29) is 5.82 Å². The largest absolute Gasteiger partial charge is 0.300 e. The van der Waals surface area contributed by atoms with Crippen molar-refractivity contribution in [3.05, 3.63) is 46.2 Å². The van der Waals surface area contributed by atoms with Crippen molar-refractivity contribution >= 4 is 12.2 Å². The Kier molecular flexibility index (Phi) is 4.25. The molecule has 0 spiro atoms. The first kappa shape index (κ1) is 13.0. The Morgan fingerprint density at radius 1 is 1.33 bits per heavy atom. The monoisotopic (exact) mass is 265 g/mol. The van der Waals surface area contributed by atoms with Crippen LogP contribution >= 0.6 is 12.2 Å². The number of halogens is 1. The van der Waals surface area contributed by atoms with E-state index >= 15 is 0 Å². The van der Waals surface area contributed by atoms with Crippen molar-refractivity contribution in [2.75, 3.05) is 0 Å². The van der Waals surface area contributed by atoms with Crippen molar-refractivity contribution < 1.29 is 4.39 Å². The smallest absolute Gasteiger partial charge is 0.195 e. The fraction of sp³-hybridized carbons (Fsp3) is 0.385. The third kappa shape index (κ3) is 3.04. The van der Waals surface area contributed by atoms with Crippen LogP contribution in [0.5, 0.6) is 0 Å².